The van der Waals surface area contributed by atoms with Gasteiger partial charge in [-0.3, -0.25) is 0 Å². The monoisotopic (exact) mass is 330 g/mol. The van der Waals surface area contributed by atoms with Crippen molar-refractivity contribution >= 4 is 21.8 Å². The Morgan fingerprint density at radius 3 is 2.81 bits per heavy atom. The van der Waals surface area contributed by atoms with Crippen molar-refractivity contribution in [2.75, 3.05) is 18.1 Å². The van der Waals surface area contributed by atoms with E-state index in [1.165, 1.54) is 6.07 Å². The summed E-state index contributed by atoms with van der Waals surface area (Å²) in [5, 5.41) is 0. The van der Waals surface area contributed by atoms with E-state index >= 15 is 0 Å². The highest BCUT2D eigenvalue weighted by Crippen LogP contribution is 2.17. The number of nitrogens with two attached hydrogens (primary N) is 1. The smallest absolute Gasteiger partial charge is 0.242 e. The lowest BCUT2D eigenvalue weighted by molar-refractivity contribution is 0.570. The van der Waals surface area contributed by atoms with E-state index in [0.717, 1.165) is 17.9 Å². The summed E-state index contributed by atoms with van der Waals surface area (Å²) < 4.78 is 40.6. The van der Waals surface area contributed by atoms with E-state index in [0.29, 0.717) is 5.75 Å². The normalized spacial score (nSPS) is 12.6. The minimum absolute atomic E-state index is 0.0294. The number of sulfonamides is 1. The van der Waals surface area contributed by atoms with Gasteiger partial charge < -0.3 is 5.73 Å². The zero-order valence-electron chi connectivity index (χ0n) is 12.0. The second-order valence-electron chi connectivity index (χ2n) is 4.33. The first-order chi connectivity index (χ1) is 9.90. The SMILES string of the molecule is CCSCC(C)NS(=O)(=O)c1ccc(F)cc1C#CCN. The summed E-state index contributed by atoms with van der Waals surface area (Å²) in [6, 6.07) is 3.20. The van der Waals surface area contributed by atoms with Crippen LogP contribution in [-0.2, 0) is 10.0 Å². The van der Waals surface area contributed by atoms with Gasteiger partial charge in [-0.05, 0) is 30.9 Å². The van der Waals surface area contributed by atoms with Gasteiger partial charge in [0.1, 0.15) is 5.82 Å². The van der Waals surface area contributed by atoms with Crippen molar-refractivity contribution < 1.29 is 12.8 Å². The fraction of sp³-hybridized carbons (Fsp3) is 0.429. The number of thioether (sulfide) groups is 1. The number of rotatable bonds is 6. The average Bonchev–Trinajstić information content (AvgIpc) is 2.42. The van der Waals surface area contributed by atoms with E-state index in [-0.39, 0.29) is 23.0 Å². The molecule has 1 aromatic rings. The molecule has 0 saturated heterocycles. The molecular weight excluding hydrogens is 311 g/mol. The molecule has 116 valence electrons. The average molecular weight is 330 g/mol. The van der Waals surface area contributed by atoms with Crippen LogP contribution in [0.4, 0.5) is 4.39 Å². The highest BCUT2D eigenvalue weighted by molar-refractivity contribution is 7.99. The quantitative estimate of drug-likeness (QED) is 0.777. The Morgan fingerprint density at radius 2 is 2.19 bits per heavy atom. The van der Waals surface area contributed by atoms with Crippen molar-refractivity contribution in [3.8, 4) is 11.8 Å². The Labute approximate surface area is 129 Å². The van der Waals surface area contributed by atoms with Crippen molar-refractivity contribution in [3.63, 3.8) is 0 Å². The molecule has 0 amide bonds. The summed E-state index contributed by atoms with van der Waals surface area (Å²) in [5.41, 5.74) is 5.39. The Balaban J connectivity index is 3.07. The molecule has 0 aliphatic heterocycles. The standard InChI is InChI=1S/C14H19FN2O2S2/c1-3-20-10-11(2)17-21(18,19)14-7-6-13(15)9-12(14)5-4-8-16/h6-7,9,11,17H,3,8,10,16H2,1-2H3. The molecule has 21 heavy (non-hydrogen) atoms. The third-order valence-electron chi connectivity index (χ3n) is 2.48. The van der Waals surface area contributed by atoms with Gasteiger partial charge in [-0.15, -0.1) is 0 Å². The number of nitrogens with one attached hydrogen (secondary N) is 1. The maximum atomic E-state index is 13.3. The molecular formula is C14H19FN2O2S2. The predicted molar refractivity (Wildman–Crippen MR) is 85.1 cm³/mol. The lowest BCUT2D eigenvalue weighted by Gasteiger charge is -2.14. The van der Waals surface area contributed by atoms with E-state index in [2.05, 4.69) is 16.6 Å². The number of hydrogen-bond donors (Lipinski definition) is 2. The fourth-order valence-corrected chi connectivity index (χ4v) is 3.80. The Bertz CT molecular complexity index is 636. The molecule has 0 fully saturated rings. The summed E-state index contributed by atoms with van der Waals surface area (Å²) in [5.74, 6) is 6.19. The lowest BCUT2D eigenvalue weighted by atomic mass is 10.2. The molecule has 0 radical (unpaired) electrons. The van der Waals surface area contributed by atoms with Gasteiger partial charge in [0.05, 0.1) is 11.4 Å². The van der Waals surface area contributed by atoms with Gasteiger partial charge in [-0.1, -0.05) is 18.8 Å². The minimum Gasteiger partial charge on any atom is -0.320 e. The zero-order chi connectivity index (χ0) is 15.9. The van der Waals surface area contributed by atoms with Crippen LogP contribution in [0.15, 0.2) is 23.1 Å². The van der Waals surface area contributed by atoms with Gasteiger partial charge in [-0.2, -0.15) is 11.8 Å². The Hall–Kier alpha value is -1.07. The van der Waals surface area contributed by atoms with Gasteiger partial charge >= 0.3 is 0 Å². The molecule has 0 spiro atoms. The zero-order valence-corrected chi connectivity index (χ0v) is 13.7. The van der Waals surface area contributed by atoms with Crippen LogP contribution in [-0.4, -0.2) is 32.5 Å². The van der Waals surface area contributed by atoms with Crippen molar-refractivity contribution in [2.45, 2.75) is 24.8 Å². The van der Waals surface area contributed by atoms with Crippen LogP contribution in [0.1, 0.15) is 19.4 Å². The van der Waals surface area contributed by atoms with Gasteiger partial charge in [0.15, 0.2) is 0 Å². The molecule has 4 nitrogen and oxygen atoms in total. The fourth-order valence-electron chi connectivity index (χ4n) is 1.64. The number of benzene rings is 1. The van der Waals surface area contributed by atoms with E-state index in [4.69, 9.17) is 5.73 Å². The van der Waals surface area contributed by atoms with Crippen LogP contribution >= 0.6 is 11.8 Å². The maximum absolute atomic E-state index is 13.3. The van der Waals surface area contributed by atoms with Crippen LogP contribution in [0, 0.1) is 17.7 Å². The van der Waals surface area contributed by atoms with E-state index in [1.54, 1.807) is 18.7 Å². The third-order valence-corrected chi connectivity index (χ3v) is 5.28. The first-order valence-corrected chi connectivity index (χ1v) is 9.13. The second kappa shape index (κ2) is 8.39. The predicted octanol–water partition coefficient (Wildman–Crippen LogP) is 1.56. The highest BCUT2D eigenvalue weighted by Gasteiger charge is 2.20. The van der Waals surface area contributed by atoms with Crippen LogP contribution in [0.5, 0.6) is 0 Å². The van der Waals surface area contributed by atoms with Crippen molar-refractivity contribution in [2.24, 2.45) is 5.73 Å². The summed E-state index contributed by atoms with van der Waals surface area (Å²) in [6.45, 7) is 3.87. The maximum Gasteiger partial charge on any atom is 0.242 e. The van der Waals surface area contributed by atoms with Crippen LogP contribution in [0.2, 0.25) is 0 Å². The lowest BCUT2D eigenvalue weighted by Crippen LogP contribution is -2.34. The molecule has 7 heteroatoms. The number of hydrogen-bond acceptors (Lipinski definition) is 4. The van der Waals surface area contributed by atoms with Gasteiger partial charge in [0.25, 0.3) is 0 Å². The van der Waals surface area contributed by atoms with E-state index in [9.17, 15) is 12.8 Å². The molecule has 0 aliphatic rings. The molecule has 1 rings (SSSR count). The molecule has 0 aromatic heterocycles. The first kappa shape index (κ1) is 18.0. The van der Waals surface area contributed by atoms with Crippen LogP contribution in [0.3, 0.4) is 0 Å². The largest absolute Gasteiger partial charge is 0.320 e. The summed E-state index contributed by atoms with van der Waals surface area (Å²) >= 11 is 1.64. The van der Waals surface area contributed by atoms with E-state index in [1.807, 2.05) is 6.92 Å². The van der Waals surface area contributed by atoms with Gasteiger partial charge in [-0.25, -0.2) is 17.5 Å². The third kappa shape index (κ3) is 5.67. The highest BCUT2D eigenvalue weighted by atomic mass is 32.2. The Kier molecular flexibility index (Phi) is 7.18. The first-order valence-electron chi connectivity index (χ1n) is 6.49. The molecule has 0 saturated carbocycles. The summed E-state index contributed by atoms with van der Waals surface area (Å²) in [7, 11) is -3.74. The second-order valence-corrected chi connectivity index (χ2v) is 7.33. The summed E-state index contributed by atoms with van der Waals surface area (Å²) in [4.78, 5) is -0.0294. The van der Waals surface area contributed by atoms with Crippen LogP contribution in [0.25, 0.3) is 0 Å². The topological polar surface area (TPSA) is 72.2 Å². The van der Waals surface area contributed by atoms with Crippen molar-refractivity contribution in [1.29, 1.82) is 0 Å². The molecule has 1 aromatic carbocycles. The molecule has 1 unspecified atom stereocenters. The Morgan fingerprint density at radius 1 is 1.48 bits per heavy atom. The number of halogens is 1. The van der Waals surface area contributed by atoms with Gasteiger partial charge in [0.2, 0.25) is 10.0 Å². The molecule has 0 heterocycles. The molecule has 3 N–H and O–H groups in total. The summed E-state index contributed by atoms with van der Waals surface area (Å²) in [6.07, 6.45) is 0. The molecule has 0 aliphatic carbocycles. The minimum atomic E-state index is -3.74. The molecule has 1 atom stereocenters. The van der Waals surface area contributed by atoms with E-state index < -0.39 is 15.8 Å². The van der Waals surface area contributed by atoms with Crippen LogP contribution < -0.4 is 10.5 Å². The van der Waals surface area contributed by atoms with Crippen molar-refractivity contribution in [3.05, 3.63) is 29.6 Å². The van der Waals surface area contributed by atoms with Gasteiger partial charge in [0, 0.05) is 17.4 Å². The van der Waals surface area contributed by atoms with Crippen molar-refractivity contribution in [1.82, 2.24) is 4.72 Å². The molecule has 0 bridgehead atoms.